The molecule has 1 aromatic heterocycles. The fraction of sp³-hybridized carbons (Fsp3) is 0.333. The Morgan fingerprint density at radius 2 is 1.85 bits per heavy atom. The van der Waals surface area contributed by atoms with Gasteiger partial charge in [-0.2, -0.15) is 8.42 Å². The molecule has 2 aromatic rings. The van der Waals surface area contributed by atoms with E-state index in [1.165, 1.54) is 12.5 Å². The first-order valence-electron chi connectivity index (χ1n) is 8.80. The van der Waals surface area contributed by atoms with E-state index in [9.17, 15) is 13.2 Å². The molecule has 2 aliphatic rings. The van der Waals surface area contributed by atoms with Crippen molar-refractivity contribution in [3.05, 3.63) is 47.3 Å². The van der Waals surface area contributed by atoms with E-state index in [2.05, 4.69) is 24.6 Å². The lowest BCUT2D eigenvalue weighted by Gasteiger charge is -2.27. The summed E-state index contributed by atoms with van der Waals surface area (Å²) in [5, 5.41) is 2.59. The van der Waals surface area contributed by atoms with Gasteiger partial charge in [0.1, 0.15) is 10.6 Å². The molecule has 0 unspecified atom stereocenters. The van der Waals surface area contributed by atoms with Crippen molar-refractivity contribution in [2.45, 2.75) is 31.1 Å². The van der Waals surface area contributed by atoms with Gasteiger partial charge in [-0.1, -0.05) is 12.1 Å². The van der Waals surface area contributed by atoms with Gasteiger partial charge in [-0.3, -0.25) is 4.79 Å². The summed E-state index contributed by atoms with van der Waals surface area (Å²) < 4.78 is 27.9. The predicted octanol–water partition coefficient (Wildman–Crippen LogP) is 1.65. The monoisotopic (exact) mass is 385 g/mol. The first-order chi connectivity index (χ1) is 12.9. The first-order valence-corrected chi connectivity index (χ1v) is 10.2. The van der Waals surface area contributed by atoms with Crippen LogP contribution in [0.2, 0.25) is 0 Å². The van der Waals surface area contributed by atoms with Crippen molar-refractivity contribution < 1.29 is 13.2 Å². The molecule has 1 amide bonds. The lowest BCUT2D eigenvalue weighted by Crippen LogP contribution is -2.34. The first kappa shape index (κ1) is 17.6. The van der Waals surface area contributed by atoms with Crippen molar-refractivity contribution in [3.63, 3.8) is 0 Å². The number of carbonyl (C=O) groups excluding carboxylic acids is 1. The zero-order valence-electron chi connectivity index (χ0n) is 14.8. The van der Waals surface area contributed by atoms with Gasteiger partial charge >= 0.3 is 0 Å². The molecule has 27 heavy (non-hydrogen) atoms. The molecule has 8 nitrogen and oxygen atoms in total. The molecular weight excluding hydrogens is 366 g/mol. The highest BCUT2D eigenvalue weighted by Crippen LogP contribution is 2.25. The average molecular weight is 385 g/mol. The molecule has 0 atom stereocenters. The molecule has 4 rings (SSSR count). The number of hydrogen-bond acceptors (Lipinski definition) is 6. The number of rotatable bonds is 2. The van der Waals surface area contributed by atoms with E-state index in [1.807, 2.05) is 0 Å². The molecule has 0 radical (unpaired) electrons. The molecule has 1 aromatic carbocycles. The van der Waals surface area contributed by atoms with Crippen LogP contribution in [-0.2, 0) is 10.0 Å². The summed E-state index contributed by atoms with van der Waals surface area (Å²) in [5.41, 5.74) is 1.25. The van der Waals surface area contributed by atoms with Crippen LogP contribution in [0.3, 0.4) is 0 Å². The SMILES string of the molecule is Cc1cc(C(=O)NC2=NS(=O)(=O)c3ccccc32)nc(N2CCCCC2)n1. The number of aromatic nitrogens is 2. The Bertz CT molecular complexity index is 1040. The molecule has 0 spiro atoms. The Labute approximate surface area is 157 Å². The second kappa shape index (κ2) is 6.73. The molecular formula is C18H19N5O3S. The van der Waals surface area contributed by atoms with E-state index in [4.69, 9.17) is 0 Å². The van der Waals surface area contributed by atoms with Crippen LogP contribution in [-0.4, -0.2) is 43.2 Å². The van der Waals surface area contributed by atoms with Crippen molar-refractivity contribution >= 4 is 27.7 Å². The topological polar surface area (TPSA) is 105 Å². The highest BCUT2D eigenvalue weighted by atomic mass is 32.2. The van der Waals surface area contributed by atoms with E-state index >= 15 is 0 Å². The highest BCUT2D eigenvalue weighted by molar-refractivity contribution is 7.90. The summed E-state index contributed by atoms with van der Waals surface area (Å²) in [5.74, 6) is 0.0389. The Morgan fingerprint density at radius 3 is 2.63 bits per heavy atom. The van der Waals surface area contributed by atoms with E-state index in [-0.39, 0.29) is 16.4 Å². The van der Waals surface area contributed by atoms with E-state index < -0.39 is 15.9 Å². The Hall–Kier alpha value is -2.81. The number of fused-ring (bicyclic) bond motifs is 1. The van der Waals surface area contributed by atoms with Crippen LogP contribution in [0.25, 0.3) is 0 Å². The molecule has 1 saturated heterocycles. The largest absolute Gasteiger partial charge is 0.341 e. The average Bonchev–Trinajstić information content (AvgIpc) is 2.92. The Morgan fingerprint density at radius 1 is 1.11 bits per heavy atom. The van der Waals surface area contributed by atoms with Gasteiger partial charge in [-0.05, 0) is 44.4 Å². The Kier molecular flexibility index (Phi) is 4.39. The summed E-state index contributed by atoms with van der Waals surface area (Å²) in [6, 6.07) is 7.98. The van der Waals surface area contributed by atoms with Gasteiger partial charge in [0.2, 0.25) is 5.95 Å². The standard InChI is InChI=1S/C18H19N5O3S/c1-12-11-14(20-18(19-12)23-9-5-2-6-10-23)17(24)21-16-13-7-3-4-8-15(13)27(25,26)22-16/h3-4,7-8,11H,2,5-6,9-10H2,1H3,(H,21,22,24). The summed E-state index contributed by atoms with van der Waals surface area (Å²) in [4.78, 5) is 23.7. The minimum absolute atomic E-state index is 0.0198. The van der Waals surface area contributed by atoms with Crippen LogP contribution in [0, 0.1) is 6.92 Å². The predicted molar refractivity (Wildman–Crippen MR) is 100 cm³/mol. The van der Waals surface area contributed by atoms with Crippen LogP contribution in [0.5, 0.6) is 0 Å². The minimum Gasteiger partial charge on any atom is -0.341 e. The number of anilines is 1. The van der Waals surface area contributed by atoms with Crippen LogP contribution >= 0.6 is 0 Å². The van der Waals surface area contributed by atoms with Gasteiger partial charge in [0.15, 0.2) is 5.84 Å². The molecule has 2 aliphatic heterocycles. The molecule has 9 heteroatoms. The number of piperidine rings is 1. The van der Waals surface area contributed by atoms with E-state index in [0.717, 1.165) is 25.9 Å². The number of hydrogen-bond donors (Lipinski definition) is 1. The number of sulfonamides is 1. The maximum Gasteiger partial charge on any atom is 0.285 e. The second-order valence-electron chi connectivity index (χ2n) is 6.61. The van der Waals surface area contributed by atoms with Gasteiger partial charge in [0.05, 0.1) is 0 Å². The smallest absolute Gasteiger partial charge is 0.285 e. The van der Waals surface area contributed by atoms with Gasteiger partial charge < -0.3 is 10.2 Å². The van der Waals surface area contributed by atoms with Crippen molar-refractivity contribution in [3.8, 4) is 0 Å². The molecule has 0 bridgehead atoms. The zero-order valence-corrected chi connectivity index (χ0v) is 15.7. The lowest BCUT2D eigenvalue weighted by atomic mass is 10.1. The van der Waals surface area contributed by atoms with Crippen molar-refractivity contribution in [2.75, 3.05) is 18.0 Å². The lowest BCUT2D eigenvalue weighted by molar-refractivity contribution is 0.0972. The van der Waals surface area contributed by atoms with Gasteiger partial charge in [0.25, 0.3) is 15.9 Å². The maximum atomic E-state index is 12.7. The summed E-state index contributed by atoms with van der Waals surface area (Å²) >= 11 is 0. The minimum atomic E-state index is -3.78. The normalized spacial score (nSPS) is 18.0. The summed E-state index contributed by atoms with van der Waals surface area (Å²) in [6.45, 7) is 3.53. The number of aryl methyl sites for hydroxylation is 1. The van der Waals surface area contributed by atoms with Crippen molar-refractivity contribution in [2.24, 2.45) is 4.40 Å². The fourth-order valence-corrected chi connectivity index (χ4v) is 4.45. The van der Waals surface area contributed by atoms with Crippen molar-refractivity contribution in [1.82, 2.24) is 15.3 Å². The summed E-state index contributed by atoms with van der Waals surface area (Å²) in [7, 11) is -3.78. The Balaban J connectivity index is 1.62. The number of amides is 1. The van der Waals surface area contributed by atoms with Crippen LogP contribution < -0.4 is 10.2 Å². The van der Waals surface area contributed by atoms with Crippen molar-refractivity contribution in [1.29, 1.82) is 0 Å². The third-order valence-electron chi connectivity index (χ3n) is 4.58. The van der Waals surface area contributed by atoms with E-state index in [1.54, 1.807) is 31.2 Å². The van der Waals surface area contributed by atoms with Gasteiger partial charge in [-0.15, -0.1) is 4.40 Å². The molecule has 1 N–H and O–H groups in total. The third kappa shape index (κ3) is 3.42. The quantitative estimate of drug-likeness (QED) is 0.843. The maximum absolute atomic E-state index is 12.7. The molecule has 3 heterocycles. The molecule has 0 aliphatic carbocycles. The number of amidine groups is 1. The van der Waals surface area contributed by atoms with Crippen LogP contribution in [0.4, 0.5) is 5.95 Å². The number of benzene rings is 1. The van der Waals surface area contributed by atoms with Gasteiger partial charge in [-0.25, -0.2) is 9.97 Å². The van der Waals surface area contributed by atoms with Crippen LogP contribution in [0.1, 0.15) is 41.0 Å². The van der Waals surface area contributed by atoms with Crippen LogP contribution in [0.15, 0.2) is 39.6 Å². The number of nitrogens with one attached hydrogen (secondary N) is 1. The molecule has 140 valence electrons. The number of nitrogens with zero attached hydrogens (tertiary/aromatic N) is 4. The highest BCUT2D eigenvalue weighted by Gasteiger charge is 2.30. The third-order valence-corrected chi connectivity index (χ3v) is 5.91. The second-order valence-corrected chi connectivity index (χ2v) is 8.18. The summed E-state index contributed by atoms with van der Waals surface area (Å²) in [6.07, 6.45) is 3.33. The molecule has 1 fully saturated rings. The number of carbonyl (C=O) groups is 1. The fourth-order valence-electron chi connectivity index (χ4n) is 3.27. The molecule has 0 saturated carbocycles. The van der Waals surface area contributed by atoms with E-state index in [0.29, 0.717) is 17.2 Å². The zero-order chi connectivity index (χ0) is 19.0. The van der Waals surface area contributed by atoms with Gasteiger partial charge in [0, 0.05) is 24.3 Å².